The minimum atomic E-state index is 0.333. The average Bonchev–Trinajstić information content (AvgIpc) is 2.13. The Kier molecular flexibility index (Phi) is 9.35. The van der Waals surface area contributed by atoms with Crippen molar-refractivity contribution in [3.8, 4) is 0 Å². The molecule has 14 heavy (non-hydrogen) atoms. The van der Waals surface area contributed by atoms with E-state index in [0.29, 0.717) is 12.5 Å². The minimum Gasteiger partial charge on any atom is -0.396 e. The maximum absolute atomic E-state index is 8.63. The van der Waals surface area contributed by atoms with Crippen LogP contribution in [-0.2, 0) is 0 Å². The Hall–Kier alpha value is -0.120. The topological polar surface area (TPSA) is 35.5 Å². The van der Waals surface area contributed by atoms with Gasteiger partial charge in [0.15, 0.2) is 0 Å². The van der Waals surface area contributed by atoms with Gasteiger partial charge in [0.2, 0.25) is 0 Å². The lowest BCUT2D eigenvalue weighted by molar-refractivity contribution is 0.259. The molecule has 0 aliphatic carbocycles. The van der Waals surface area contributed by atoms with E-state index in [2.05, 4.69) is 24.2 Å². The molecule has 0 bridgehead atoms. The second-order valence-electron chi connectivity index (χ2n) is 4.21. The molecule has 3 nitrogen and oxygen atoms in total. The molecule has 1 atom stereocenters. The zero-order valence-electron chi connectivity index (χ0n) is 9.92. The lowest BCUT2D eigenvalue weighted by atomic mass is 10.1. The van der Waals surface area contributed by atoms with Crippen molar-refractivity contribution in [3.05, 3.63) is 0 Å². The first kappa shape index (κ1) is 13.9. The van der Waals surface area contributed by atoms with Crippen molar-refractivity contribution >= 4 is 0 Å². The van der Waals surface area contributed by atoms with Crippen LogP contribution in [0.4, 0.5) is 0 Å². The van der Waals surface area contributed by atoms with E-state index in [4.69, 9.17) is 5.11 Å². The summed E-state index contributed by atoms with van der Waals surface area (Å²) in [5, 5.41) is 11.8. The van der Waals surface area contributed by atoms with E-state index in [1.807, 2.05) is 7.05 Å². The highest BCUT2D eigenvalue weighted by Gasteiger charge is 2.04. The van der Waals surface area contributed by atoms with Crippen molar-refractivity contribution < 1.29 is 5.11 Å². The summed E-state index contributed by atoms with van der Waals surface area (Å²) in [7, 11) is 4.17. The second kappa shape index (κ2) is 9.44. The second-order valence-corrected chi connectivity index (χ2v) is 4.21. The Balaban J connectivity index is 3.30. The maximum atomic E-state index is 8.63. The molecule has 0 aliphatic heterocycles. The summed E-state index contributed by atoms with van der Waals surface area (Å²) in [5.41, 5.74) is 0. The highest BCUT2D eigenvalue weighted by molar-refractivity contribution is 4.60. The lowest BCUT2D eigenvalue weighted by Gasteiger charge is -2.20. The Labute approximate surface area is 88.5 Å². The predicted octanol–water partition coefficient (Wildman–Crippen LogP) is 0.936. The van der Waals surface area contributed by atoms with E-state index in [1.165, 1.54) is 6.42 Å². The molecule has 0 spiro atoms. The fourth-order valence-electron chi connectivity index (χ4n) is 1.71. The number of aliphatic hydroxyl groups excluding tert-OH is 1. The minimum absolute atomic E-state index is 0.333. The standard InChI is InChI=1S/C11H26N2O/c1-11(9-12-2)10-13(3)7-5-4-6-8-14/h11-12,14H,4-10H2,1-3H3. The van der Waals surface area contributed by atoms with Crippen molar-refractivity contribution in [1.29, 1.82) is 0 Å². The monoisotopic (exact) mass is 202 g/mol. The molecule has 0 aliphatic rings. The highest BCUT2D eigenvalue weighted by atomic mass is 16.2. The first-order valence-corrected chi connectivity index (χ1v) is 5.64. The number of nitrogens with one attached hydrogen (secondary N) is 1. The first-order chi connectivity index (χ1) is 6.70. The third-order valence-corrected chi connectivity index (χ3v) is 2.37. The fourth-order valence-corrected chi connectivity index (χ4v) is 1.71. The number of rotatable bonds is 9. The summed E-state index contributed by atoms with van der Waals surface area (Å²) in [5.74, 6) is 0.711. The Bertz CT molecular complexity index is 120. The number of hydrogen-bond acceptors (Lipinski definition) is 3. The van der Waals surface area contributed by atoms with Crippen LogP contribution in [-0.4, -0.2) is 50.3 Å². The first-order valence-electron chi connectivity index (χ1n) is 5.64. The average molecular weight is 202 g/mol. The Morgan fingerprint density at radius 1 is 1.29 bits per heavy atom. The van der Waals surface area contributed by atoms with Crippen LogP contribution in [0.2, 0.25) is 0 Å². The molecule has 0 aromatic heterocycles. The smallest absolute Gasteiger partial charge is 0.0431 e. The molecule has 0 saturated heterocycles. The van der Waals surface area contributed by atoms with E-state index in [0.717, 1.165) is 32.5 Å². The molecule has 0 fully saturated rings. The molecule has 3 heteroatoms. The van der Waals surface area contributed by atoms with Crippen molar-refractivity contribution in [2.24, 2.45) is 5.92 Å². The van der Waals surface area contributed by atoms with E-state index >= 15 is 0 Å². The number of nitrogens with zero attached hydrogens (tertiary/aromatic N) is 1. The van der Waals surface area contributed by atoms with Crippen LogP contribution in [0.1, 0.15) is 26.2 Å². The van der Waals surface area contributed by atoms with Gasteiger partial charge in [-0.15, -0.1) is 0 Å². The Morgan fingerprint density at radius 3 is 2.57 bits per heavy atom. The normalized spacial score (nSPS) is 13.5. The molecule has 1 unspecified atom stereocenters. The van der Waals surface area contributed by atoms with Gasteiger partial charge in [-0.3, -0.25) is 0 Å². The van der Waals surface area contributed by atoms with E-state index in [1.54, 1.807) is 0 Å². The molecule has 2 N–H and O–H groups in total. The van der Waals surface area contributed by atoms with Crippen molar-refractivity contribution in [3.63, 3.8) is 0 Å². The third-order valence-electron chi connectivity index (χ3n) is 2.37. The number of unbranched alkanes of at least 4 members (excludes halogenated alkanes) is 2. The van der Waals surface area contributed by atoms with E-state index < -0.39 is 0 Å². The van der Waals surface area contributed by atoms with Crippen molar-refractivity contribution in [1.82, 2.24) is 10.2 Å². The van der Waals surface area contributed by atoms with Gasteiger partial charge >= 0.3 is 0 Å². The van der Waals surface area contributed by atoms with Crippen LogP contribution in [0.15, 0.2) is 0 Å². The van der Waals surface area contributed by atoms with Crippen LogP contribution in [0.3, 0.4) is 0 Å². The largest absolute Gasteiger partial charge is 0.396 e. The van der Waals surface area contributed by atoms with Gasteiger partial charge in [0.1, 0.15) is 0 Å². The number of aliphatic hydroxyl groups is 1. The van der Waals surface area contributed by atoms with Gasteiger partial charge in [-0.25, -0.2) is 0 Å². The van der Waals surface area contributed by atoms with Crippen LogP contribution in [0.5, 0.6) is 0 Å². The zero-order valence-corrected chi connectivity index (χ0v) is 9.92. The molecule has 0 rings (SSSR count). The summed E-state index contributed by atoms with van der Waals surface area (Å²) < 4.78 is 0. The molecule has 0 amide bonds. The molecule has 0 aromatic rings. The van der Waals surface area contributed by atoms with Crippen LogP contribution in [0.25, 0.3) is 0 Å². The maximum Gasteiger partial charge on any atom is 0.0431 e. The Morgan fingerprint density at radius 2 is 2.00 bits per heavy atom. The van der Waals surface area contributed by atoms with Crippen LogP contribution >= 0.6 is 0 Å². The van der Waals surface area contributed by atoms with Gasteiger partial charge < -0.3 is 15.3 Å². The molecule has 0 heterocycles. The van der Waals surface area contributed by atoms with Gasteiger partial charge in [0.25, 0.3) is 0 Å². The summed E-state index contributed by atoms with van der Waals surface area (Å²) in [6, 6.07) is 0. The highest BCUT2D eigenvalue weighted by Crippen LogP contribution is 2.00. The third kappa shape index (κ3) is 8.48. The van der Waals surface area contributed by atoms with Crippen molar-refractivity contribution in [2.75, 3.05) is 40.3 Å². The zero-order chi connectivity index (χ0) is 10.8. The number of hydrogen-bond donors (Lipinski definition) is 2. The van der Waals surface area contributed by atoms with Crippen LogP contribution in [0, 0.1) is 5.92 Å². The fraction of sp³-hybridized carbons (Fsp3) is 1.00. The van der Waals surface area contributed by atoms with Gasteiger partial charge in [0.05, 0.1) is 0 Å². The molecular formula is C11H26N2O. The summed E-state index contributed by atoms with van der Waals surface area (Å²) >= 11 is 0. The SMILES string of the molecule is CNCC(C)CN(C)CCCCCO. The summed E-state index contributed by atoms with van der Waals surface area (Å²) in [4.78, 5) is 2.37. The van der Waals surface area contributed by atoms with Gasteiger partial charge in [-0.2, -0.15) is 0 Å². The molecular weight excluding hydrogens is 176 g/mol. The van der Waals surface area contributed by atoms with Gasteiger partial charge in [-0.05, 0) is 52.4 Å². The van der Waals surface area contributed by atoms with Gasteiger partial charge in [-0.1, -0.05) is 6.92 Å². The molecule has 0 aromatic carbocycles. The molecule has 0 radical (unpaired) electrons. The van der Waals surface area contributed by atoms with Gasteiger partial charge in [0, 0.05) is 13.2 Å². The lowest BCUT2D eigenvalue weighted by Crippen LogP contribution is -2.30. The van der Waals surface area contributed by atoms with E-state index in [-0.39, 0.29) is 0 Å². The summed E-state index contributed by atoms with van der Waals surface area (Å²) in [6.07, 6.45) is 3.28. The van der Waals surface area contributed by atoms with Crippen molar-refractivity contribution in [2.45, 2.75) is 26.2 Å². The predicted molar refractivity (Wildman–Crippen MR) is 61.5 cm³/mol. The summed E-state index contributed by atoms with van der Waals surface area (Å²) in [6.45, 7) is 5.98. The quantitative estimate of drug-likeness (QED) is 0.546. The molecule has 86 valence electrons. The van der Waals surface area contributed by atoms with Crippen LogP contribution < -0.4 is 5.32 Å². The molecule has 0 saturated carbocycles. The van der Waals surface area contributed by atoms with E-state index in [9.17, 15) is 0 Å².